The number of nitrogens with zero attached hydrogens (tertiary/aromatic N) is 1. The Balaban J connectivity index is 0. The summed E-state index contributed by atoms with van der Waals surface area (Å²) in [6.07, 6.45) is 62.7. The summed E-state index contributed by atoms with van der Waals surface area (Å²) in [5, 5.41) is 11.0. The number of hydrogen-bond donors (Lipinski definition) is 2. The van der Waals surface area contributed by atoms with E-state index in [9.17, 15) is 14.7 Å². The van der Waals surface area contributed by atoms with Crippen LogP contribution in [-0.2, 0) is 9.59 Å². The largest absolute Gasteiger partial charge is 0.387 e. The van der Waals surface area contributed by atoms with Crippen LogP contribution in [0.3, 0.4) is 0 Å². The smallest absolute Gasteiger partial charge is 0.149 e. The normalized spacial score (nSPS) is 12.9. The van der Waals surface area contributed by atoms with E-state index >= 15 is 0 Å². The van der Waals surface area contributed by atoms with E-state index in [1.807, 2.05) is 0 Å². The molecule has 402 valence electrons. The van der Waals surface area contributed by atoms with Gasteiger partial charge in [0.1, 0.15) is 17.0 Å². The molecule has 0 heterocycles. The molecule has 0 aromatic carbocycles. The SMILES string of the molecule is CCCCCCCCCCCCCCCC(=O)C(C)(C(=O)CCCCCCCCCCCCCCC)C(C)(O)CN.CCCCCCCCCCCCCCCCCCCCCC[N+](C)(C)C. The molecule has 5 heteroatoms. The number of carbonyl (C=O) groups excluding carboxylic acids is 2. The molecule has 0 saturated heterocycles. The lowest BCUT2D eigenvalue weighted by molar-refractivity contribution is -0.870. The van der Waals surface area contributed by atoms with Gasteiger partial charge < -0.3 is 15.3 Å². The zero-order valence-corrected chi connectivity index (χ0v) is 47.6. The van der Waals surface area contributed by atoms with E-state index in [1.165, 1.54) is 263 Å². The number of unbranched alkanes of at least 4 members (excludes halogenated alkanes) is 43. The number of carbonyl (C=O) groups is 2. The summed E-state index contributed by atoms with van der Waals surface area (Å²) in [5.74, 6) is -0.258. The first kappa shape index (κ1) is 68.3. The number of Topliss-reactive ketones (excluding diaryl/α,β-unsaturated/α-hetero) is 2. The quantitative estimate of drug-likeness (QED) is 0.0362. The standard InChI is InChI=1S/C37H73NO3.C25H54N/c1-5-7-9-11-13-15-17-19-21-23-25-27-29-31-34(39)37(4,36(3,41)33-38)35(40)32-30-28-26-24-22-20-18-16-14-12-10-8-6-2;1-5-6-7-8-9-10-11-12-13-14-15-16-17-18-19-20-21-22-23-24-25-26(2,3)4/h41H,5-33,38H2,1-4H3;5-25H2,1-4H3/q;+1. The Morgan fingerprint density at radius 1 is 0.343 bits per heavy atom. The minimum absolute atomic E-state index is 0.0851. The second-order valence-electron chi connectivity index (χ2n) is 23.2. The first-order chi connectivity index (χ1) is 32.3. The van der Waals surface area contributed by atoms with Crippen molar-refractivity contribution < 1.29 is 19.2 Å². The van der Waals surface area contributed by atoms with E-state index in [2.05, 4.69) is 41.9 Å². The minimum Gasteiger partial charge on any atom is -0.387 e. The molecule has 0 saturated carbocycles. The number of nitrogens with two attached hydrogens (primary N) is 1. The highest BCUT2D eigenvalue weighted by Crippen LogP contribution is 2.36. The van der Waals surface area contributed by atoms with E-state index < -0.39 is 11.0 Å². The molecule has 3 N–H and O–H groups in total. The van der Waals surface area contributed by atoms with Gasteiger partial charge in [-0.05, 0) is 39.5 Å². The highest BCUT2D eigenvalue weighted by atomic mass is 16.3. The summed E-state index contributed by atoms with van der Waals surface area (Å²) in [7, 11) is 6.90. The van der Waals surface area contributed by atoms with Gasteiger partial charge in [0.2, 0.25) is 0 Å². The summed E-state index contributed by atoms with van der Waals surface area (Å²) < 4.78 is 1.12. The van der Waals surface area contributed by atoms with E-state index in [4.69, 9.17) is 5.73 Å². The molecule has 0 radical (unpaired) electrons. The third-order valence-electron chi connectivity index (χ3n) is 15.3. The summed E-state index contributed by atoms with van der Waals surface area (Å²) >= 11 is 0. The van der Waals surface area contributed by atoms with Crippen molar-refractivity contribution in [3.63, 3.8) is 0 Å². The monoisotopic (exact) mass is 948 g/mol. The minimum atomic E-state index is -1.51. The van der Waals surface area contributed by atoms with Crippen LogP contribution in [0.4, 0.5) is 0 Å². The van der Waals surface area contributed by atoms with Crippen molar-refractivity contribution in [3.05, 3.63) is 0 Å². The van der Waals surface area contributed by atoms with Crippen LogP contribution in [0.25, 0.3) is 0 Å². The van der Waals surface area contributed by atoms with Gasteiger partial charge in [0.25, 0.3) is 0 Å². The molecule has 0 bridgehead atoms. The Hall–Kier alpha value is -0.780. The summed E-state index contributed by atoms with van der Waals surface area (Å²) in [4.78, 5) is 26.6. The van der Waals surface area contributed by atoms with Crippen LogP contribution in [0.1, 0.15) is 343 Å². The molecular formula is C62H127N2O3+. The lowest BCUT2D eigenvalue weighted by Gasteiger charge is -2.39. The van der Waals surface area contributed by atoms with Gasteiger partial charge in [-0.1, -0.05) is 290 Å². The van der Waals surface area contributed by atoms with E-state index in [0.29, 0.717) is 12.8 Å². The summed E-state index contributed by atoms with van der Waals surface area (Å²) in [5.41, 5.74) is 2.95. The second kappa shape index (κ2) is 50.2. The van der Waals surface area contributed by atoms with E-state index in [-0.39, 0.29) is 18.1 Å². The molecule has 0 fully saturated rings. The average Bonchev–Trinajstić information content (AvgIpc) is 3.30. The number of rotatable bonds is 53. The molecular weight excluding hydrogens is 821 g/mol. The van der Waals surface area contributed by atoms with Gasteiger partial charge in [-0.2, -0.15) is 0 Å². The fourth-order valence-corrected chi connectivity index (χ4v) is 9.91. The Kier molecular flexibility index (Phi) is 51.1. The maximum absolute atomic E-state index is 13.3. The molecule has 0 amide bonds. The van der Waals surface area contributed by atoms with Crippen LogP contribution < -0.4 is 5.73 Å². The van der Waals surface area contributed by atoms with Crippen LogP contribution in [0.15, 0.2) is 0 Å². The van der Waals surface area contributed by atoms with Gasteiger partial charge in [-0.3, -0.25) is 9.59 Å². The zero-order valence-electron chi connectivity index (χ0n) is 47.6. The molecule has 0 aromatic heterocycles. The molecule has 67 heavy (non-hydrogen) atoms. The van der Waals surface area contributed by atoms with Crippen LogP contribution in [-0.4, -0.2) is 61.0 Å². The van der Waals surface area contributed by atoms with Gasteiger partial charge in [-0.15, -0.1) is 0 Å². The van der Waals surface area contributed by atoms with Crippen molar-refractivity contribution in [2.45, 2.75) is 348 Å². The summed E-state index contributed by atoms with van der Waals surface area (Å²) in [6.45, 7) is 11.3. The molecule has 0 aliphatic carbocycles. The molecule has 0 spiro atoms. The molecule has 0 aromatic rings. The predicted octanol–water partition coefficient (Wildman–Crippen LogP) is 19.3. The Morgan fingerprint density at radius 2 is 0.522 bits per heavy atom. The van der Waals surface area contributed by atoms with Crippen molar-refractivity contribution in [1.82, 2.24) is 0 Å². The Morgan fingerprint density at radius 3 is 0.701 bits per heavy atom. The number of hydrogen-bond acceptors (Lipinski definition) is 4. The second-order valence-corrected chi connectivity index (χ2v) is 23.2. The van der Waals surface area contributed by atoms with Crippen LogP contribution >= 0.6 is 0 Å². The Labute approximate surface area is 422 Å². The maximum Gasteiger partial charge on any atom is 0.149 e. The van der Waals surface area contributed by atoms with Crippen molar-refractivity contribution in [1.29, 1.82) is 0 Å². The van der Waals surface area contributed by atoms with Gasteiger partial charge >= 0.3 is 0 Å². The van der Waals surface area contributed by atoms with Gasteiger partial charge in [0, 0.05) is 19.4 Å². The number of ketones is 2. The van der Waals surface area contributed by atoms with Crippen LogP contribution in [0.2, 0.25) is 0 Å². The van der Waals surface area contributed by atoms with Gasteiger partial charge in [0.15, 0.2) is 0 Å². The molecule has 5 nitrogen and oxygen atoms in total. The fourth-order valence-electron chi connectivity index (χ4n) is 9.91. The van der Waals surface area contributed by atoms with Crippen molar-refractivity contribution >= 4 is 11.6 Å². The molecule has 0 aliphatic heterocycles. The first-order valence-corrected chi connectivity index (χ1v) is 30.6. The zero-order chi connectivity index (χ0) is 50.0. The van der Waals surface area contributed by atoms with E-state index in [1.54, 1.807) is 13.8 Å². The van der Waals surface area contributed by atoms with Crippen LogP contribution in [0, 0.1) is 5.41 Å². The Bertz CT molecular complexity index is 977. The highest BCUT2D eigenvalue weighted by Gasteiger charge is 2.52. The van der Waals surface area contributed by atoms with Crippen molar-refractivity contribution in [2.24, 2.45) is 11.1 Å². The van der Waals surface area contributed by atoms with Gasteiger partial charge in [0.05, 0.1) is 33.3 Å². The highest BCUT2D eigenvalue weighted by molar-refractivity contribution is 6.08. The number of aliphatic hydroxyl groups is 1. The van der Waals surface area contributed by atoms with Crippen LogP contribution in [0.5, 0.6) is 0 Å². The maximum atomic E-state index is 13.3. The summed E-state index contributed by atoms with van der Waals surface area (Å²) in [6, 6.07) is 0. The molecule has 0 aliphatic rings. The molecule has 1 atom stereocenters. The predicted molar refractivity (Wildman–Crippen MR) is 299 cm³/mol. The first-order valence-electron chi connectivity index (χ1n) is 30.6. The molecule has 0 rings (SSSR count). The fraction of sp³-hybridized carbons (Fsp3) is 0.968. The molecule has 1 unspecified atom stereocenters. The third-order valence-corrected chi connectivity index (χ3v) is 15.3. The topological polar surface area (TPSA) is 80.4 Å². The lowest BCUT2D eigenvalue weighted by Crippen LogP contribution is -2.58. The number of quaternary nitrogens is 1. The third kappa shape index (κ3) is 44.9. The van der Waals surface area contributed by atoms with Crippen molar-refractivity contribution in [3.8, 4) is 0 Å². The van der Waals surface area contributed by atoms with E-state index in [0.717, 1.165) is 43.0 Å². The average molecular weight is 949 g/mol. The van der Waals surface area contributed by atoms with Gasteiger partial charge in [-0.25, -0.2) is 0 Å². The van der Waals surface area contributed by atoms with Crippen molar-refractivity contribution in [2.75, 3.05) is 34.2 Å². The lowest BCUT2D eigenvalue weighted by atomic mass is 9.66.